The normalized spacial score (nSPS) is 10.3. The first kappa shape index (κ1) is 13.8. The van der Waals surface area contributed by atoms with E-state index in [2.05, 4.69) is 74.8 Å². The van der Waals surface area contributed by atoms with Crippen LogP contribution in [0.15, 0.2) is 77.4 Å². The number of rotatable bonds is 4. The van der Waals surface area contributed by atoms with Crippen LogP contribution in [0.1, 0.15) is 5.56 Å². The molecule has 3 heteroatoms. The van der Waals surface area contributed by atoms with Crippen molar-refractivity contribution < 1.29 is 0 Å². The molecule has 1 aromatic heterocycles. The molecule has 0 atom stereocenters. The lowest BCUT2D eigenvalue weighted by atomic mass is 10.0. The molecule has 3 rings (SSSR count). The first-order valence-electron chi connectivity index (χ1n) is 6.81. The minimum Gasteiger partial charge on any atom is -0.366 e. The number of nitrogens with zero attached hydrogens (tertiary/aromatic N) is 1. The summed E-state index contributed by atoms with van der Waals surface area (Å²) in [6.07, 6.45) is 1.78. The summed E-state index contributed by atoms with van der Waals surface area (Å²) in [5.74, 6) is 0.872. The summed E-state index contributed by atoms with van der Waals surface area (Å²) >= 11 is 3.44. The molecule has 0 aliphatic carbocycles. The van der Waals surface area contributed by atoms with Crippen LogP contribution in [0.5, 0.6) is 0 Å². The lowest BCUT2D eigenvalue weighted by Gasteiger charge is -2.07. The Hall–Kier alpha value is -2.13. The first-order chi connectivity index (χ1) is 10.3. The van der Waals surface area contributed by atoms with Crippen molar-refractivity contribution in [1.82, 2.24) is 4.98 Å². The van der Waals surface area contributed by atoms with Gasteiger partial charge in [0.15, 0.2) is 0 Å². The Kier molecular flexibility index (Phi) is 4.31. The number of hydrogen-bond acceptors (Lipinski definition) is 2. The summed E-state index contributed by atoms with van der Waals surface area (Å²) in [7, 11) is 0. The van der Waals surface area contributed by atoms with E-state index in [1.807, 2.05) is 18.2 Å². The van der Waals surface area contributed by atoms with Crippen molar-refractivity contribution in [1.29, 1.82) is 0 Å². The monoisotopic (exact) mass is 338 g/mol. The van der Waals surface area contributed by atoms with Crippen LogP contribution in [0.25, 0.3) is 11.1 Å². The van der Waals surface area contributed by atoms with Crippen molar-refractivity contribution in [2.45, 2.75) is 6.54 Å². The van der Waals surface area contributed by atoms with E-state index in [9.17, 15) is 0 Å². The molecule has 0 aliphatic rings. The smallest absolute Gasteiger partial charge is 0.127 e. The third-order valence-corrected chi connectivity index (χ3v) is 3.75. The summed E-state index contributed by atoms with van der Waals surface area (Å²) in [5, 5.41) is 3.32. The number of aromatic nitrogens is 1. The Morgan fingerprint density at radius 1 is 0.857 bits per heavy atom. The standard InChI is InChI=1S/C18H15BrN2/c19-17-10-11-20-18(12-17)21-13-14-6-8-16(9-7-14)15-4-2-1-3-5-15/h1-12H,13H2,(H,20,21). The van der Waals surface area contributed by atoms with Crippen LogP contribution < -0.4 is 5.32 Å². The highest BCUT2D eigenvalue weighted by Crippen LogP contribution is 2.20. The van der Waals surface area contributed by atoms with Crippen LogP contribution in [0.3, 0.4) is 0 Å². The van der Waals surface area contributed by atoms with Crippen molar-refractivity contribution in [3.63, 3.8) is 0 Å². The molecule has 1 N–H and O–H groups in total. The second-order valence-corrected chi connectivity index (χ2v) is 5.69. The fourth-order valence-corrected chi connectivity index (χ4v) is 2.47. The van der Waals surface area contributed by atoms with Crippen LogP contribution in [-0.4, -0.2) is 4.98 Å². The Morgan fingerprint density at radius 3 is 2.29 bits per heavy atom. The minimum absolute atomic E-state index is 0.762. The SMILES string of the molecule is Brc1ccnc(NCc2ccc(-c3ccccc3)cc2)c1. The van der Waals surface area contributed by atoms with Gasteiger partial charge in [0.2, 0.25) is 0 Å². The molecule has 1 heterocycles. The Morgan fingerprint density at radius 2 is 1.57 bits per heavy atom. The third-order valence-electron chi connectivity index (χ3n) is 3.26. The Balaban J connectivity index is 1.68. The van der Waals surface area contributed by atoms with Crippen molar-refractivity contribution >= 4 is 21.7 Å². The zero-order valence-corrected chi connectivity index (χ0v) is 13.0. The van der Waals surface area contributed by atoms with E-state index in [1.54, 1.807) is 6.20 Å². The summed E-state index contributed by atoms with van der Waals surface area (Å²) < 4.78 is 1.03. The molecular weight excluding hydrogens is 324 g/mol. The van der Waals surface area contributed by atoms with Gasteiger partial charge >= 0.3 is 0 Å². The highest BCUT2D eigenvalue weighted by atomic mass is 79.9. The molecule has 104 valence electrons. The molecule has 2 aromatic carbocycles. The van der Waals surface area contributed by atoms with Crippen LogP contribution in [-0.2, 0) is 6.54 Å². The van der Waals surface area contributed by atoms with Gasteiger partial charge in [-0.25, -0.2) is 4.98 Å². The minimum atomic E-state index is 0.762. The van der Waals surface area contributed by atoms with Crippen LogP contribution in [0.4, 0.5) is 5.82 Å². The van der Waals surface area contributed by atoms with Crippen molar-refractivity contribution in [3.8, 4) is 11.1 Å². The third kappa shape index (κ3) is 3.70. The molecule has 0 unspecified atom stereocenters. The average molecular weight is 339 g/mol. The number of hydrogen-bond donors (Lipinski definition) is 1. The number of anilines is 1. The van der Waals surface area contributed by atoms with Crippen LogP contribution in [0.2, 0.25) is 0 Å². The van der Waals surface area contributed by atoms with E-state index in [1.165, 1.54) is 16.7 Å². The van der Waals surface area contributed by atoms with E-state index in [0.29, 0.717) is 0 Å². The molecule has 0 amide bonds. The zero-order valence-electron chi connectivity index (χ0n) is 11.5. The lowest BCUT2D eigenvalue weighted by molar-refractivity contribution is 1.11. The van der Waals surface area contributed by atoms with Gasteiger partial charge in [-0.2, -0.15) is 0 Å². The van der Waals surface area contributed by atoms with Gasteiger partial charge in [0, 0.05) is 17.2 Å². The maximum absolute atomic E-state index is 4.28. The van der Waals surface area contributed by atoms with Crippen molar-refractivity contribution in [2.24, 2.45) is 0 Å². The molecule has 0 radical (unpaired) electrons. The largest absolute Gasteiger partial charge is 0.366 e. The zero-order chi connectivity index (χ0) is 14.5. The van der Waals surface area contributed by atoms with Gasteiger partial charge in [-0.3, -0.25) is 0 Å². The fraction of sp³-hybridized carbons (Fsp3) is 0.0556. The van der Waals surface area contributed by atoms with E-state index >= 15 is 0 Å². The quantitative estimate of drug-likeness (QED) is 0.713. The molecular formula is C18H15BrN2. The first-order valence-corrected chi connectivity index (χ1v) is 7.60. The van der Waals surface area contributed by atoms with Crippen LogP contribution in [0, 0.1) is 0 Å². The highest BCUT2D eigenvalue weighted by molar-refractivity contribution is 9.10. The molecule has 21 heavy (non-hydrogen) atoms. The predicted octanol–water partition coefficient (Wildman–Crippen LogP) is 5.12. The van der Waals surface area contributed by atoms with Crippen molar-refractivity contribution in [3.05, 3.63) is 83.0 Å². The van der Waals surface area contributed by atoms with Gasteiger partial charge in [0.25, 0.3) is 0 Å². The molecule has 0 bridgehead atoms. The van der Waals surface area contributed by atoms with Crippen LogP contribution >= 0.6 is 15.9 Å². The number of halogens is 1. The van der Waals surface area contributed by atoms with Gasteiger partial charge < -0.3 is 5.32 Å². The van der Waals surface area contributed by atoms with Gasteiger partial charge in [-0.05, 0) is 28.8 Å². The lowest BCUT2D eigenvalue weighted by Crippen LogP contribution is -2.00. The maximum atomic E-state index is 4.28. The van der Waals surface area contributed by atoms with Crippen molar-refractivity contribution in [2.75, 3.05) is 5.32 Å². The molecule has 0 aliphatic heterocycles. The second-order valence-electron chi connectivity index (χ2n) is 4.78. The average Bonchev–Trinajstić information content (AvgIpc) is 2.54. The molecule has 0 saturated heterocycles. The van der Waals surface area contributed by atoms with Gasteiger partial charge in [-0.1, -0.05) is 70.5 Å². The summed E-state index contributed by atoms with van der Waals surface area (Å²) in [6, 6.07) is 22.9. The molecule has 0 saturated carbocycles. The molecule has 2 nitrogen and oxygen atoms in total. The molecule has 3 aromatic rings. The highest BCUT2D eigenvalue weighted by Gasteiger charge is 1.99. The summed E-state index contributed by atoms with van der Waals surface area (Å²) in [4.78, 5) is 4.28. The number of pyridine rings is 1. The maximum Gasteiger partial charge on any atom is 0.127 e. The van der Waals surface area contributed by atoms with E-state index in [0.717, 1.165) is 16.8 Å². The van der Waals surface area contributed by atoms with Gasteiger partial charge in [0.1, 0.15) is 5.82 Å². The number of nitrogens with one attached hydrogen (secondary N) is 1. The molecule has 0 fully saturated rings. The van der Waals surface area contributed by atoms with Gasteiger partial charge in [0.05, 0.1) is 0 Å². The predicted molar refractivity (Wildman–Crippen MR) is 91.1 cm³/mol. The van der Waals surface area contributed by atoms with E-state index in [4.69, 9.17) is 0 Å². The van der Waals surface area contributed by atoms with E-state index < -0.39 is 0 Å². The second kappa shape index (κ2) is 6.55. The van der Waals surface area contributed by atoms with E-state index in [-0.39, 0.29) is 0 Å². The Labute approximate surface area is 133 Å². The topological polar surface area (TPSA) is 24.9 Å². The van der Waals surface area contributed by atoms with Gasteiger partial charge in [-0.15, -0.1) is 0 Å². The summed E-state index contributed by atoms with van der Waals surface area (Å²) in [5.41, 5.74) is 3.71. The number of benzene rings is 2. The molecule has 0 spiro atoms. The fourth-order valence-electron chi connectivity index (χ4n) is 2.14. The Bertz CT molecular complexity index is 709. The summed E-state index contributed by atoms with van der Waals surface area (Å²) in [6.45, 7) is 0.762.